The number of alkyl carbamates (subject to hydrolysis) is 1. The molecule has 1 aromatic rings. The summed E-state index contributed by atoms with van der Waals surface area (Å²) in [6, 6.07) is 0.396. The molecule has 0 spiro atoms. The molecular weight excluding hydrogens is 308 g/mol. The molecule has 1 fully saturated rings. The van der Waals surface area contributed by atoms with Crippen molar-refractivity contribution in [3.05, 3.63) is 34.9 Å². The zero-order valence-corrected chi connectivity index (χ0v) is 10.5. The Hall–Kier alpha value is -1.93. The van der Waals surface area contributed by atoms with E-state index in [-0.39, 0.29) is 11.6 Å². The molecule has 1 saturated heterocycles. The fourth-order valence-electron chi connectivity index (χ4n) is 2.01. The van der Waals surface area contributed by atoms with Gasteiger partial charge >= 0.3 is 18.4 Å². The van der Waals surface area contributed by atoms with Gasteiger partial charge in [-0.2, -0.15) is 26.3 Å². The van der Waals surface area contributed by atoms with Crippen molar-refractivity contribution in [3.63, 3.8) is 0 Å². The van der Waals surface area contributed by atoms with Gasteiger partial charge in [0.2, 0.25) is 0 Å². The lowest BCUT2D eigenvalue weighted by Gasteiger charge is -2.18. The first-order chi connectivity index (χ1) is 9.48. The number of cyclic esters (lactones) is 1. The molecule has 21 heavy (non-hydrogen) atoms. The fraction of sp³-hybridized carbons (Fsp3) is 0.417. The van der Waals surface area contributed by atoms with Crippen molar-refractivity contribution in [1.29, 1.82) is 0 Å². The number of halogens is 6. The van der Waals surface area contributed by atoms with Crippen LogP contribution in [0, 0.1) is 0 Å². The lowest BCUT2D eigenvalue weighted by atomic mass is 10.1. The number of nitrogens with one attached hydrogen (secondary N) is 1. The average molecular weight is 317 g/mol. The highest BCUT2D eigenvalue weighted by molar-refractivity contribution is 5.70. The molecule has 0 saturated carbocycles. The number of carbonyl (C=O) groups is 1. The molecule has 1 aromatic carbocycles. The monoisotopic (exact) mass is 317 g/mol. The maximum atomic E-state index is 12.7. The number of hydrogen-bond acceptors (Lipinski definition) is 2. The van der Waals surface area contributed by atoms with E-state index in [0.717, 1.165) is 0 Å². The van der Waals surface area contributed by atoms with Gasteiger partial charge in [-0.15, -0.1) is 0 Å². The number of carbonyl (C=O) groups excluding carboxylic acids is 1. The first kappa shape index (κ1) is 15.5. The molecule has 0 radical (unpaired) electrons. The summed E-state index contributed by atoms with van der Waals surface area (Å²) < 4.78 is 80.9. The van der Waals surface area contributed by atoms with Gasteiger partial charge < -0.3 is 10.1 Å². The van der Waals surface area contributed by atoms with E-state index in [9.17, 15) is 31.1 Å². The lowest BCUT2D eigenvalue weighted by molar-refractivity contribution is -0.143. The van der Waals surface area contributed by atoms with Gasteiger partial charge in [-0.1, -0.05) is 0 Å². The van der Waals surface area contributed by atoms with E-state index in [4.69, 9.17) is 4.74 Å². The molecule has 2 atom stereocenters. The predicted octanol–water partition coefficient (Wildman–Crippen LogP) is 3.89. The minimum atomic E-state index is -4.94. The molecule has 0 aliphatic carbocycles. The smallest absolute Gasteiger partial charge is 0.416 e. The molecule has 1 heterocycles. The molecule has 9 heteroatoms. The Morgan fingerprint density at radius 1 is 1.00 bits per heavy atom. The van der Waals surface area contributed by atoms with Gasteiger partial charge in [0.15, 0.2) is 0 Å². The normalized spacial score (nSPS) is 22.9. The Morgan fingerprint density at radius 2 is 1.48 bits per heavy atom. The van der Waals surface area contributed by atoms with Gasteiger partial charge in [0.1, 0.15) is 6.10 Å². The summed E-state index contributed by atoms with van der Waals surface area (Å²) in [4.78, 5) is 11.0. The maximum Gasteiger partial charge on any atom is 0.416 e. The summed E-state index contributed by atoms with van der Waals surface area (Å²) in [5.41, 5.74) is -3.24. The second-order valence-electron chi connectivity index (χ2n) is 4.60. The van der Waals surface area contributed by atoms with Gasteiger partial charge in [-0.05, 0) is 30.7 Å². The molecule has 0 aromatic heterocycles. The summed E-state index contributed by atoms with van der Waals surface area (Å²) in [7, 11) is 0. The predicted molar refractivity (Wildman–Crippen MR) is 58.3 cm³/mol. The topological polar surface area (TPSA) is 38.3 Å². The maximum absolute atomic E-state index is 12.7. The van der Waals surface area contributed by atoms with Crippen LogP contribution in [0.4, 0.5) is 31.1 Å². The minimum Gasteiger partial charge on any atom is -0.439 e. The Labute approximate surface area is 114 Å². The summed E-state index contributed by atoms with van der Waals surface area (Å²) in [5.74, 6) is 0. The third kappa shape index (κ3) is 3.22. The Balaban J connectivity index is 2.53. The van der Waals surface area contributed by atoms with Crippen molar-refractivity contribution in [2.75, 3.05) is 0 Å². The molecule has 2 rings (SSSR count). The van der Waals surface area contributed by atoms with Gasteiger partial charge in [-0.25, -0.2) is 4.79 Å². The number of benzene rings is 1. The van der Waals surface area contributed by atoms with E-state index in [1.807, 2.05) is 0 Å². The second-order valence-corrected chi connectivity index (χ2v) is 4.60. The van der Waals surface area contributed by atoms with E-state index < -0.39 is 41.7 Å². The third-order valence-corrected chi connectivity index (χ3v) is 2.97. The highest BCUT2D eigenvalue weighted by atomic mass is 19.4. The molecule has 0 unspecified atom stereocenters. The van der Waals surface area contributed by atoms with Crippen molar-refractivity contribution in [2.45, 2.75) is 31.4 Å². The van der Waals surface area contributed by atoms with Gasteiger partial charge in [-0.3, -0.25) is 0 Å². The van der Waals surface area contributed by atoms with E-state index >= 15 is 0 Å². The molecular formula is C12H9F6NO2. The minimum absolute atomic E-state index is 0.0262. The quantitative estimate of drug-likeness (QED) is 0.485. The zero-order chi connectivity index (χ0) is 16.0. The van der Waals surface area contributed by atoms with Crippen molar-refractivity contribution in [3.8, 4) is 0 Å². The van der Waals surface area contributed by atoms with Crippen LogP contribution in [0.2, 0.25) is 0 Å². The molecule has 116 valence electrons. The highest BCUT2D eigenvalue weighted by Crippen LogP contribution is 2.39. The molecule has 1 N–H and O–H groups in total. The largest absolute Gasteiger partial charge is 0.439 e. The van der Waals surface area contributed by atoms with Crippen LogP contribution in [0.5, 0.6) is 0 Å². The van der Waals surface area contributed by atoms with Crippen LogP contribution in [0.3, 0.4) is 0 Å². The van der Waals surface area contributed by atoms with Crippen molar-refractivity contribution < 1.29 is 35.9 Å². The zero-order valence-electron chi connectivity index (χ0n) is 10.5. The van der Waals surface area contributed by atoms with Crippen LogP contribution in [0.25, 0.3) is 0 Å². The Kier molecular flexibility index (Phi) is 3.54. The van der Waals surface area contributed by atoms with Gasteiger partial charge in [0, 0.05) is 0 Å². The van der Waals surface area contributed by atoms with Crippen LogP contribution in [-0.2, 0) is 17.1 Å². The van der Waals surface area contributed by atoms with Crippen LogP contribution in [-0.4, -0.2) is 12.1 Å². The van der Waals surface area contributed by atoms with Crippen LogP contribution >= 0.6 is 0 Å². The van der Waals surface area contributed by atoms with Crippen LogP contribution < -0.4 is 5.32 Å². The number of alkyl halides is 6. The Morgan fingerprint density at radius 3 is 1.81 bits per heavy atom. The summed E-state index contributed by atoms with van der Waals surface area (Å²) in [5, 5.41) is 2.26. The molecule has 1 aliphatic rings. The van der Waals surface area contributed by atoms with E-state index in [1.165, 1.54) is 6.92 Å². The molecule has 0 bridgehead atoms. The highest BCUT2D eigenvalue weighted by Gasteiger charge is 2.40. The Bertz CT molecular complexity index is 534. The SMILES string of the molecule is [13CH3][13C@@H]1[15NH]C(=O)O[13C@@H]1c1cc(C(F)(F)F)cc(C(F)(F)F)c1. The number of rotatable bonds is 1. The summed E-state index contributed by atoms with van der Waals surface area (Å²) in [6.45, 7) is 1.42. The molecule has 3 nitrogen and oxygen atoms in total. The summed E-state index contributed by atoms with van der Waals surface area (Å²) >= 11 is 0. The third-order valence-electron chi connectivity index (χ3n) is 2.97. The number of amides is 1. The average Bonchev–Trinajstić information content (AvgIpc) is 2.65. The lowest BCUT2D eigenvalue weighted by Crippen LogP contribution is -2.24. The van der Waals surface area contributed by atoms with Crippen LogP contribution in [0.15, 0.2) is 18.2 Å². The van der Waals surface area contributed by atoms with Crippen molar-refractivity contribution >= 4 is 6.09 Å². The molecule has 1 amide bonds. The van der Waals surface area contributed by atoms with E-state index in [0.29, 0.717) is 12.1 Å². The van der Waals surface area contributed by atoms with Crippen molar-refractivity contribution in [1.82, 2.24) is 5.32 Å². The number of ether oxygens (including phenoxy) is 1. The number of hydrogen-bond donors (Lipinski definition) is 1. The van der Waals surface area contributed by atoms with Gasteiger partial charge in [0.25, 0.3) is 0 Å². The first-order valence-electron chi connectivity index (χ1n) is 5.75. The van der Waals surface area contributed by atoms with Gasteiger partial charge in [0.05, 0.1) is 17.2 Å². The first-order valence-corrected chi connectivity index (χ1v) is 5.75. The van der Waals surface area contributed by atoms with Crippen LogP contribution in [0.1, 0.15) is 29.7 Å². The van der Waals surface area contributed by atoms with Crippen molar-refractivity contribution in [2.24, 2.45) is 0 Å². The molecule has 1 aliphatic heterocycles. The van der Waals surface area contributed by atoms with E-state index in [2.05, 4.69) is 5.32 Å². The second kappa shape index (κ2) is 4.81. The summed E-state index contributed by atoms with van der Waals surface area (Å²) in [6.07, 6.45) is -12.0. The standard InChI is InChI=1S/C12H9F6NO2/c1-5-9(21-10(20)19-5)6-2-7(11(13,14)15)4-8(3-6)12(16,17)18/h2-5,9H,1H3,(H,19,20)/t5-,9-/m0/s1/i1+1,5+1,9+1,19+1. The fourth-order valence-corrected chi connectivity index (χ4v) is 2.01. The van der Waals surface area contributed by atoms with E-state index in [1.54, 1.807) is 0 Å².